The van der Waals surface area contributed by atoms with Crippen molar-refractivity contribution in [2.75, 3.05) is 5.32 Å². The van der Waals surface area contributed by atoms with Gasteiger partial charge in [-0.15, -0.1) is 0 Å². The van der Waals surface area contributed by atoms with Gasteiger partial charge in [-0.3, -0.25) is 15.2 Å². The molecule has 3 heterocycles. The van der Waals surface area contributed by atoms with Crippen LogP contribution in [0.4, 0.5) is 5.82 Å². The van der Waals surface area contributed by atoms with Crippen LogP contribution in [-0.4, -0.2) is 33.1 Å². The van der Waals surface area contributed by atoms with E-state index in [-0.39, 0.29) is 12.1 Å². The number of aromatic nitrogens is 3. The SMILES string of the molecule is Cc1cc(NC2CC(C)NN2)nc(-c2ccc(C(=O)NCc3ccccc3)nc2)n1. The van der Waals surface area contributed by atoms with E-state index in [4.69, 9.17) is 0 Å². The molecule has 0 aliphatic carbocycles. The highest BCUT2D eigenvalue weighted by molar-refractivity contribution is 5.92. The van der Waals surface area contributed by atoms with Gasteiger partial charge < -0.3 is 10.6 Å². The van der Waals surface area contributed by atoms with Crippen LogP contribution in [0.15, 0.2) is 54.7 Å². The van der Waals surface area contributed by atoms with Gasteiger partial charge in [-0.1, -0.05) is 30.3 Å². The molecule has 4 N–H and O–H groups in total. The first-order valence-electron chi connectivity index (χ1n) is 9.98. The number of aryl methyl sites for hydroxylation is 1. The van der Waals surface area contributed by atoms with Crippen molar-refractivity contribution in [2.45, 2.75) is 39.0 Å². The summed E-state index contributed by atoms with van der Waals surface area (Å²) in [6.45, 7) is 4.51. The number of hydrazine groups is 1. The van der Waals surface area contributed by atoms with E-state index in [1.54, 1.807) is 12.3 Å². The van der Waals surface area contributed by atoms with Crippen molar-refractivity contribution in [3.63, 3.8) is 0 Å². The molecule has 1 fully saturated rings. The maximum Gasteiger partial charge on any atom is 0.270 e. The molecule has 8 nitrogen and oxygen atoms in total. The van der Waals surface area contributed by atoms with Crippen LogP contribution in [0.2, 0.25) is 0 Å². The maximum atomic E-state index is 12.4. The van der Waals surface area contributed by atoms with E-state index in [0.29, 0.717) is 24.1 Å². The largest absolute Gasteiger partial charge is 0.353 e. The third-order valence-electron chi connectivity index (χ3n) is 4.82. The molecule has 1 amide bonds. The highest BCUT2D eigenvalue weighted by Gasteiger charge is 2.20. The second-order valence-electron chi connectivity index (χ2n) is 7.44. The quantitative estimate of drug-likeness (QED) is 0.501. The summed E-state index contributed by atoms with van der Waals surface area (Å²) in [5.41, 5.74) is 9.39. The summed E-state index contributed by atoms with van der Waals surface area (Å²) < 4.78 is 0. The Labute approximate surface area is 175 Å². The molecule has 0 saturated carbocycles. The predicted molar refractivity (Wildman–Crippen MR) is 115 cm³/mol. The number of carbonyl (C=O) groups is 1. The monoisotopic (exact) mass is 403 g/mol. The zero-order valence-electron chi connectivity index (χ0n) is 17.0. The Balaban J connectivity index is 1.43. The minimum absolute atomic E-state index is 0.107. The van der Waals surface area contributed by atoms with E-state index in [2.05, 4.69) is 43.4 Å². The van der Waals surface area contributed by atoms with Crippen molar-refractivity contribution in [2.24, 2.45) is 0 Å². The number of benzene rings is 1. The number of anilines is 1. The van der Waals surface area contributed by atoms with Crippen LogP contribution >= 0.6 is 0 Å². The summed E-state index contributed by atoms with van der Waals surface area (Å²) in [6.07, 6.45) is 2.69. The first-order valence-corrected chi connectivity index (χ1v) is 9.98. The highest BCUT2D eigenvalue weighted by atomic mass is 16.1. The Morgan fingerprint density at radius 3 is 2.67 bits per heavy atom. The van der Waals surface area contributed by atoms with Gasteiger partial charge in [-0.25, -0.2) is 15.4 Å². The zero-order valence-corrected chi connectivity index (χ0v) is 17.0. The Morgan fingerprint density at radius 1 is 1.13 bits per heavy atom. The molecule has 1 saturated heterocycles. The number of rotatable bonds is 6. The van der Waals surface area contributed by atoms with Crippen LogP contribution in [0.5, 0.6) is 0 Å². The lowest BCUT2D eigenvalue weighted by molar-refractivity contribution is 0.0946. The van der Waals surface area contributed by atoms with Gasteiger partial charge in [0, 0.05) is 36.1 Å². The molecule has 1 aliphatic heterocycles. The Hall–Kier alpha value is -3.36. The van der Waals surface area contributed by atoms with Crippen molar-refractivity contribution < 1.29 is 4.79 Å². The minimum Gasteiger partial charge on any atom is -0.353 e. The number of carbonyl (C=O) groups excluding carboxylic acids is 1. The van der Waals surface area contributed by atoms with Gasteiger partial charge in [0.25, 0.3) is 5.91 Å². The van der Waals surface area contributed by atoms with Crippen molar-refractivity contribution in [3.05, 3.63) is 71.7 Å². The van der Waals surface area contributed by atoms with Crippen LogP contribution in [-0.2, 0) is 6.54 Å². The number of nitrogens with zero attached hydrogens (tertiary/aromatic N) is 3. The Morgan fingerprint density at radius 2 is 1.97 bits per heavy atom. The first kappa shape index (κ1) is 19.9. The van der Waals surface area contributed by atoms with E-state index < -0.39 is 0 Å². The summed E-state index contributed by atoms with van der Waals surface area (Å²) in [5.74, 6) is 1.10. The fourth-order valence-electron chi connectivity index (χ4n) is 3.29. The van der Waals surface area contributed by atoms with Crippen molar-refractivity contribution in [1.82, 2.24) is 31.1 Å². The molecule has 0 radical (unpaired) electrons. The third kappa shape index (κ3) is 4.97. The molecule has 1 aliphatic rings. The van der Waals surface area contributed by atoms with Crippen molar-refractivity contribution >= 4 is 11.7 Å². The van der Waals surface area contributed by atoms with E-state index in [9.17, 15) is 4.79 Å². The van der Waals surface area contributed by atoms with Crippen LogP contribution in [0.3, 0.4) is 0 Å². The second-order valence-corrected chi connectivity index (χ2v) is 7.44. The van der Waals surface area contributed by atoms with Crippen LogP contribution < -0.4 is 21.5 Å². The maximum absolute atomic E-state index is 12.4. The number of hydrogen-bond donors (Lipinski definition) is 4. The van der Waals surface area contributed by atoms with Gasteiger partial charge in [0.1, 0.15) is 11.5 Å². The molecule has 3 aromatic rings. The van der Waals surface area contributed by atoms with Gasteiger partial charge in [-0.05, 0) is 38.0 Å². The lowest BCUT2D eigenvalue weighted by Gasteiger charge is -2.14. The van der Waals surface area contributed by atoms with E-state index in [1.807, 2.05) is 49.4 Å². The molecular weight excluding hydrogens is 378 g/mol. The third-order valence-corrected chi connectivity index (χ3v) is 4.82. The minimum atomic E-state index is -0.216. The molecule has 0 spiro atoms. The van der Waals surface area contributed by atoms with E-state index in [1.165, 1.54) is 0 Å². The zero-order chi connectivity index (χ0) is 20.9. The van der Waals surface area contributed by atoms with Crippen molar-refractivity contribution in [1.29, 1.82) is 0 Å². The fraction of sp³-hybridized carbons (Fsp3) is 0.273. The average Bonchev–Trinajstić information content (AvgIpc) is 3.17. The summed E-state index contributed by atoms with van der Waals surface area (Å²) in [7, 11) is 0. The molecule has 8 heteroatoms. The molecule has 2 aromatic heterocycles. The fourth-order valence-corrected chi connectivity index (χ4v) is 3.29. The summed E-state index contributed by atoms with van der Waals surface area (Å²) in [6, 6.07) is 15.6. The molecule has 2 atom stereocenters. The highest BCUT2D eigenvalue weighted by Crippen LogP contribution is 2.19. The topological polar surface area (TPSA) is 104 Å². The lowest BCUT2D eigenvalue weighted by atomic mass is 10.2. The lowest BCUT2D eigenvalue weighted by Crippen LogP contribution is -2.36. The van der Waals surface area contributed by atoms with Gasteiger partial charge >= 0.3 is 0 Å². The van der Waals surface area contributed by atoms with Gasteiger partial charge in [0.2, 0.25) is 0 Å². The average molecular weight is 403 g/mol. The van der Waals surface area contributed by atoms with Crippen LogP contribution in [0.1, 0.15) is 35.1 Å². The van der Waals surface area contributed by atoms with Crippen molar-refractivity contribution in [3.8, 4) is 11.4 Å². The normalized spacial score (nSPS) is 18.2. The van der Waals surface area contributed by atoms with E-state index in [0.717, 1.165) is 29.1 Å². The molecule has 2 unspecified atom stereocenters. The van der Waals surface area contributed by atoms with Gasteiger partial charge in [0.15, 0.2) is 5.82 Å². The molecule has 30 heavy (non-hydrogen) atoms. The smallest absolute Gasteiger partial charge is 0.270 e. The molecule has 4 rings (SSSR count). The predicted octanol–water partition coefficient (Wildman–Crippen LogP) is 2.40. The molecule has 0 bridgehead atoms. The summed E-state index contributed by atoms with van der Waals surface area (Å²) >= 11 is 0. The number of nitrogens with one attached hydrogen (secondary N) is 4. The molecular formula is C22H25N7O. The van der Waals surface area contributed by atoms with Gasteiger partial charge in [-0.2, -0.15) is 0 Å². The summed E-state index contributed by atoms with van der Waals surface area (Å²) in [5, 5.41) is 6.26. The van der Waals surface area contributed by atoms with E-state index >= 15 is 0 Å². The standard InChI is InChI=1S/C22H25N7O/c1-14-10-19(26-20-11-15(2)28-29-20)27-21(25-14)17-8-9-18(23-13-17)22(30)24-12-16-6-4-3-5-7-16/h3-10,13,15,20,28-29H,11-12H2,1-2H3,(H,24,30)(H,25,26,27). The van der Waals surface area contributed by atoms with Gasteiger partial charge in [0.05, 0.1) is 6.17 Å². The number of pyridine rings is 1. The second kappa shape index (κ2) is 8.98. The van der Waals surface area contributed by atoms with Crippen LogP contribution in [0, 0.1) is 6.92 Å². The number of amides is 1. The van der Waals surface area contributed by atoms with Crippen LogP contribution in [0.25, 0.3) is 11.4 Å². The Kier molecular flexibility index (Phi) is 5.97. The Bertz CT molecular complexity index is 1010. The summed E-state index contributed by atoms with van der Waals surface area (Å²) in [4.78, 5) is 25.8. The number of hydrogen-bond acceptors (Lipinski definition) is 7. The molecule has 154 valence electrons. The first-order chi connectivity index (χ1) is 14.6. The molecule has 1 aromatic carbocycles.